The van der Waals surface area contributed by atoms with Crippen LogP contribution in [0.2, 0.25) is 0 Å². The number of amides is 1. The fraction of sp³-hybridized carbons (Fsp3) is 0.914. The van der Waals surface area contributed by atoms with Gasteiger partial charge in [0.1, 0.15) is 0 Å². The number of rotatable bonds is 6. The molecular formula is C35H60N2O2. The summed E-state index contributed by atoms with van der Waals surface area (Å²) in [6.07, 6.45) is 12.4. The Kier molecular flexibility index (Phi) is 7.48. The Hall–Kier alpha value is -0.870. The minimum Gasteiger partial charge on any atom is -0.393 e. The molecular weight excluding hydrogens is 480 g/mol. The number of aliphatic hydroxyl groups excluding tert-OH is 1. The fourth-order valence-electron chi connectivity index (χ4n) is 12.3. The monoisotopic (exact) mass is 540 g/mol. The minimum absolute atomic E-state index is 0.00499. The van der Waals surface area contributed by atoms with Gasteiger partial charge in [-0.25, -0.2) is 0 Å². The molecule has 4 nitrogen and oxygen atoms in total. The van der Waals surface area contributed by atoms with Crippen molar-refractivity contribution in [3.63, 3.8) is 0 Å². The van der Waals surface area contributed by atoms with Crippen LogP contribution in [0.25, 0.3) is 0 Å². The van der Waals surface area contributed by atoms with E-state index in [4.69, 9.17) is 0 Å². The summed E-state index contributed by atoms with van der Waals surface area (Å²) in [6, 6.07) is 0. The Morgan fingerprint density at radius 1 is 0.897 bits per heavy atom. The summed E-state index contributed by atoms with van der Waals surface area (Å²) in [6.45, 7) is 21.2. The van der Waals surface area contributed by atoms with Crippen molar-refractivity contribution in [3.05, 3.63) is 12.2 Å². The topological polar surface area (TPSA) is 52.6 Å². The first-order valence-electron chi connectivity index (χ1n) is 16.4. The van der Waals surface area contributed by atoms with Gasteiger partial charge in [0.25, 0.3) is 0 Å². The van der Waals surface area contributed by atoms with Crippen LogP contribution in [0.1, 0.15) is 112 Å². The zero-order valence-corrected chi connectivity index (χ0v) is 26.7. The molecule has 0 aliphatic heterocycles. The number of nitrogens with zero attached hydrogens (tertiary/aromatic N) is 1. The Morgan fingerprint density at radius 2 is 1.62 bits per heavy atom. The lowest BCUT2D eigenvalue weighted by molar-refractivity contribution is -0.246. The Balaban J connectivity index is 1.46. The Morgan fingerprint density at radius 3 is 2.28 bits per heavy atom. The SMILES string of the molecule is C=C(C)[C@@H]1CC[C@]2(C(=O)NCCCN(C)C)CC[C@]3(C)[C@H](CC[C@@H]4[C@@]5(C)CC[C@H](O)C(C)(C)[C@@H]5CC[C@]43C)[C@@H]12. The summed E-state index contributed by atoms with van der Waals surface area (Å²) >= 11 is 0. The fourth-order valence-corrected chi connectivity index (χ4v) is 12.3. The molecule has 0 saturated heterocycles. The van der Waals surface area contributed by atoms with E-state index in [1.807, 2.05) is 0 Å². The lowest BCUT2D eigenvalue weighted by Gasteiger charge is -2.72. The third kappa shape index (κ3) is 4.15. The molecule has 39 heavy (non-hydrogen) atoms. The van der Waals surface area contributed by atoms with Crippen molar-refractivity contribution in [2.75, 3.05) is 27.2 Å². The Labute approximate surface area is 240 Å². The van der Waals surface area contributed by atoms with Crippen LogP contribution in [-0.2, 0) is 4.79 Å². The zero-order chi connectivity index (χ0) is 28.6. The molecule has 0 aromatic rings. The third-order valence-electron chi connectivity index (χ3n) is 14.6. The molecule has 2 N–H and O–H groups in total. The molecule has 0 radical (unpaired) electrons. The van der Waals surface area contributed by atoms with Crippen molar-refractivity contribution in [1.29, 1.82) is 0 Å². The molecule has 10 atom stereocenters. The van der Waals surface area contributed by atoms with Gasteiger partial charge in [-0.3, -0.25) is 4.79 Å². The molecule has 5 aliphatic carbocycles. The van der Waals surface area contributed by atoms with Crippen molar-refractivity contribution in [1.82, 2.24) is 10.2 Å². The van der Waals surface area contributed by atoms with E-state index < -0.39 is 0 Å². The van der Waals surface area contributed by atoms with Crippen LogP contribution in [0.5, 0.6) is 0 Å². The van der Waals surface area contributed by atoms with Gasteiger partial charge in [-0.1, -0.05) is 46.8 Å². The maximum atomic E-state index is 14.1. The van der Waals surface area contributed by atoms with Gasteiger partial charge in [0.2, 0.25) is 5.91 Å². The average Bonchev–Trinajstić information content (AvgIpc) is 3.26. The Bertz CT molecular complexity index is 974. The number of carbonyl (C=O) groups excluding carboxylic acids is 1. The molecule has 0 heterocycles. The van der Waals surface area contributed by atoms with E-state index in [9.17, 15) is 9.90 Å². The van der Waals surface area contributed by atoms with Gasteiger partial charge >= 0.3 is 0 Å². The summed E-state index contributed by atoms with van der Waals surface area (Å²) in [5.74, 6) is 3.13. The van der Waals surface area contributed by atoms with Gasteiger partial charge in [0.15, 0.2) is 0 Å². The standard InChI is InChI=1S/C35H60N2O2/c1-23(2)24-13-18-35(30(39)36-21-10-22-37(8)9)20-19-33(6)25(29(24)35)11-12-27-32(5)16-15-28(38)31(3,4)26(32)14-17-34(27,33)7/h24-29,38H,1,10-22H2,2-9H3,(H,36,39)/t24-,25+,26-,27+,28-,29+,32-,33+,34+,35-/m0/s1. The van der Waals surface area contributed by atoms with Crippen LogP contribution in [0.4, 0.5) is 0 Å². The number of carbonyl (C=O) groups is 1. The molecule has 5 rings (SSSR count). The molecule has 0 aromatic heterocycles. The largest absolute Gasteiger partial charge is 0.393 e. The molecule has 0 spiro atoms. The predicted molar refractivity (Wildman–Crippen MR) is 161 cm³/mol. The molecule has 1 amide bonds. The maximum Gasteiger partial charge on any atom is 0.226 e. The summed E-state index contributed by atoms with van der Waals surface area (Å²) in [5.41, 5.74) is 1.92. The maximum absolute atomic E-state index is 14.1. The van der Waals surface area contributed by atoms with Crippen LogP contribution in [0.15, 0.2) is 12.2 Å². The molecule has 5 saturated carbocycles. The van der Waals surface area contributed by atoms with Gasteiger partial charge in [-0.05, 0) is 149 Å². The first-order chi connectivity index (χ1) is 18.1. The molecule has 0 bridgehead atoms. The first-order valence-corrected chi connectivity index (χ1v) is 16.4. The van der Waals surface area contributed by atoms with Crippen LogP contribution in [0.3, 0.4) is 0 Å². The zero-order valence-electron chi connectivity index (χ0n) is 26.7. The summed E-state index contributed by atoms with van der Waals surface area (Å²) in [5, 5.41) is 14.4. The highest BCUT2D eigenvalue weighted by Gasteiger charge is 2.71. The summed E-state index contributed by atoms with van der Waals surface area (Å²) in [4.78, 5) is 16.3. The van der Waals surface area contributed by atoms with Gasteiger partial charge in [0, 0.05) is 6.54 Å². The van der Waals surface area contributed by atoms with Gasteiger partial charge in [-0.15, -0.1) is 0 Å². The quantitative estimate of drug-likeness (QED) is 0.280. The molecule has 222 valence electrons. The molecule has 5 fully saturated rings. The first kappa shape index (κ1) is 29.6. The highest BCUT2D eigenvalue weighted by molar-refractivity contribution is 5.83. The second kappa shape index (κ2) is 9.85. The summed E-state index contributed by atoms with van der Waals surface area (Å²) in [7, 11) is 4.21. The normalized spacial score (nSPS) is 48.5. The highest BCUT2D eigenvalue weighted by Crippen LogP contribution is 2.77. The lowest BCUT2D eigenvalue weighted by Crippen LogP contribution is -2.67. The van der Waals surface area contributed by atoms with Crippen molar-refractivity contribution in [3.8, 4) is 0 Å². The van der Waals surface area contributed by atoms with E-state index in [0.29, 0.717) is 40.9 Å². The number of nitrogens with one attached hydrogen (secondary N) is 1. The lowest BCUT2D eigenvalue weighted by atomic mass is 9.32. The van der Waals surface area contributed by atoms with Crippen LogP contribution >= 0.6 is 0 Å². The number of allylic oxidation sites excluding steroid dienone is 1. The van der Waals surface area contributed by atoms with E-state index >= 15 is 0 Å². The predicted octanol–water partition coefficient (Wildman–Crippen LogP) is 7.07. The van der Waals surface area contributed by atoms with E-state index in [2.05, 4.69) is 72.4 Å². The highest BCUT2D eigenvalue weighted by atomic mass is 16.3. The molecule has 0 aromatic carbocycles. The second-order valence-corrected chi connectivity index (χ2v) is 16.6. The van der Waals surface area contributed by atoms with Crippen molar-refractivity contribution < 1.29 is 9.90 Å². The van der Waals surface area contributed by atoms with Crippen LogP contribution in [-0.4, -0.2) is 49.2 Å². The second-order valence-electron chi connectivity index (χ2n) is 16.6. The van der Waals surface area contributed by atoms with E-state index in [1.165, 1.54) is 44.1 Å². The van der Waals surface area contributed by atoms with Crippen molar-refractivity contribution in [2.45, 2.75) is 118 Å². The number of hydrogen-bond acceptors (Lipinski definition) is 3. The van der Waals surface area contributed by atoms with Gasteiger partial charge < -0.3 is 15.3 Å². The average molecular weight is 541 g/mol. The van der Waals surface area contributed by atoms with Crippen molar-refractivity contribution >= 4 is 5.91 Å². The molecule has 0 unspecified atom stereocenters. The van der Waals surface area contributed by atoms with Crippen LogP contribution in [0, 0.1) is 56.7 Å². The summed E-state index contributed by atoms with van der Waals surface area (Å²) < 4.78 is 0. The third-order valence-corrected chi connectivity index (χ3v) is 14.6. The number of aliphatic hydroxyl groups is 1. The van der Waals surface area contributed by atoms with E-state index in [-0.39, 0.29) is 27.8 Å². The van der Waals surface area contributed by atoms with Crippen molar-refractivity contribution in [2.24, 2.45) is 56.7 Å². The number of fused-ring (bicyclic) bond motifs is 7. The molecule has 5 aliphatic rings. The van der Waals surface area contributed by atoms with Gasteiger partial charge in [-0.2, -0.15) is 0 Å². The van der Waals surface area contributed by atoms with E-state index in [0.717, 1.165) is 45.2 Å². The smallest absolute Gasteiger partial charge is 0.226 e. The minimum atomic E-state index is -0.215. The van der Waals surface area contributed by atoms with E-state index in [1.54, 1.807) is 0 Å². The molecule has 4 heteroatoms. The van der Waals surface area contributed by atoms with Gasteiger partial charge in [0.05, 0.1) is 11.5 Å². The number of hydrogen-bond donors (Lipinski definition) is 2. The van der Waals surface area contributed by atoms with Crippen LogP contribution < -0.4 is 5.32 Å².